The average molecular weight is 375 g/mol. The van der Waals surface area contributed by atoms with Crippen LogP contribution in [0, 0.1) is 12.0 Å². The van der Waals surface area contributed by atoms with Crippen LogP contribution in [0.3, 0.4) is 0 Å². The molecule has 7 nitrogen and oxygen atoms in total. The van der Waals surface area contributed by atoms with Gasteiger partial charge in [-0.3, -0.25) is 9.89 Å². The van der Waals surface area contributed by atoms with Gasteiger partial charge in [0.1, 0.15) is 11.6 Å². The van der Waals surface area contributed by atoms with Crippen molar-refractivity contribution in [2.75, 3.05) is 5.32 Å². The Morgan fingerprint density at radius 2 is 2.00 bits per heavy atom. The summed E-state index contributed by atoms with van der Waals surface area (Å²) in [6, 6.07) is 16.8. The number of carbonyl (C=O) groups is 1. The summed E-state index contributed by atoms with van der Waals surface area (Å²) in [7, 11) is 0. The van der Waals surface area contributed by atoms with E-state index in [4.69, 9.17) is 10.5 Å². The Bertz CT molecular complexity index is 1020. The maximum Gasteiger partial charge on any atom is 0.265 e. The summed E-state index contributed by atoms with van der Waals surface area (Å²) in [5.41, 5.74) is 7.34. The van der Waals surface area contributed by atoms with Gasteiger partial charge in [-0.2, -0.15) is 5.10 Å². The van der Waals surface area contributed by atoms with Gasteiger partial charge in [-0.1, -0.05) is 19.1 Å². The van der Waals surface area contributed by atoms with Crippen LogP contribution in [-0.2, 0) is 11.2 Å². The van der Waals surface area contributed by atoms with E-state index in [1.165, 1.54) is 0 Å². The summed E-state index contributed by atoms with van der Waals surface area (Å²) < 4.78 is 5.72. The monoisotopic (exact) mass is 375 g/mol. The largest absolute Gasteiger partial charge is 0.481 e. The Morgan fingerprint density at radius 3 is 2.68 bits per heavy atom. The molecule has 4 N–H and O–H groups in total. The van der Waals surface area contributed by atoms with Crippen LogP contribution in [0.5, 0.6) is 5.75 Å². The molecule has 0 saturated heterocycles. The lowest BCUT2D eigenvalue weighted by molar-refractivity contribution is -0.122. The lowest BCUT2D eigenvalue weighted by Crippen LogP contribution is -2.30. The van der Waals surface area contributed by atoms with Gasteiger partial charge in [0.05, 0.1) is 5.69 Å². The lowest BCUT2D eigenvalue weighted by atomic mass is 10.1. The molecule has 0 aliphatic heterocycles. The highest BCUT2D eigenvalue weighted by Crippen LogP contribution is 2.25. The van der Waals surface area contributed by atoms with E-state index < -0.39 is 6.10 Å². The topological polar surface area (TPSA) is 106 Å². The number of rotatable bonds is 6. The van der Waals surface area contributed by atoms with Crippen LogP contribution in [0.2, 0.25) is 0 Å². The molecular formula is C21H21N5O2. The number of hydrogen-bond donors (Lipinski definition) is 3. The van der Waals surface area contributed by atoms with Crippen molar-refractivity contribution in [2.45, 2.75) is 26.4 Å². The molecule has 3 aromatic rings. The van der Waals surface area contributed by atoms with Crippen molar-refractivity contribution in [1.29, 1.82) is 0 Å². The molecule has 0 aliphatic rings. The van der Waals surface area contributed by atoms with Crippen LogP contribution < -0.4 is 15.8 Å². The number of nitrogens with two attached hydrogens (primary N) is 1. The average Bonchev–Trinajstić information content (AvgIpc) is 3.19. The van der Waals surface area contributed by atoms with E-state index in [2.05, 4.69) is 32.5 Å². The van der Waals surface area contributed by atoms with E-state index in [1.54, 1.807) is 31.2 Å². The van der Waals surface area contributed by atoms with E-state index in [-0.39, 0.29) is 5.91 Å². The molecule has 0 bridgehead atoms. The van der Waals surface area contributed by atoms with E-state index >= 15 is 0 Å². The molecular weight excluding hydrogens is 354 g/mol. The predicted molar refractivity (Wildman–Crippen MR) is 107 cm³/mol. The summed E-state index contributed by atoms with van der Waals surface area (Å²) in [6.07, 6.45) is 0.0556. The Morgan fingerprint density at radius 1 is 1.25 bits per heavy atom. The van der Waals surface area contributed by atoms with Gasteiger partial charge in [0.2, 0.25) is 0 Å². The molecule has 0 spiro atoms. The van der Waals surface area contributed by atoms with Crippen molar-refractivity contribution >= 4 is 11.6 Å². The number of aryl methyl sites for hydroxylation is 1. The fourth-order valence-corrected chi connectivity index (χ4v) is 2.55. The number of nitrogens with one attached hydrogen (secondary N) is 2. The number of H-pyrrole nitrogens is 1. The van der Waals surface area contributed by atoms with Crippen molar-refractivity contribution in [3.8, 4) is 29.1 Å². The fourth-order valence-electron chi connectivity index (χ4n) is 2.55. The first-order valence-electron chi connectivity index (χ1n) is 8.90. The first kappa shape index (κ1) is 19.0. The van der Waals surface area contributed by atoms with Crippen molar-refractivity contribution in [3.63, 3.8) is 0 Å². The molecule has 1 aromatic heterocycles. The molecule has 142 valence electrons. The number of aromatic amines is 1. The van der Waals surface area contributed by atoms with E-state index in [9.17, 15) is 4.79 Å². The van der Waals surface area contributed by atoms with Crippen LogP contribution in [-0.4, -0.2) is 27.2 Å². The third-order valence-corrected chi connectivity index (χ3v) is 4.05. The third-order valence-electron chi connectivity index (χ3n) is 4.05. The van der Waals surface area contributed by atoms with Crippen LogP contribution in [0.4, 0.5) is 5.69 Å². The van der Waals surface area contributed by atoms with Crippen LogP contribution >= 0.6 is 0 Å². The fraction of sp³-hybridized carbons (Fsp3) is 0.190. The van der Waals surface area contributed by atoms with Gasteiger partial charge in [0, 0.05) is 23.6 Å². The first-order valence-corrected chi connectivity index (χ1v) is 8.90. The van der Waals surface area contributed by atoms with Crippen LogP contribution in [0.25, 0.3) is 11.4 Å². The SMILES string of the molecule is CCc1nc(-c2ccccc2NC(=O)C(C)Oc2ccc(C#CN)cc2)n[nH]1. The van der Waals surface area contributed by atoms with Gasteiger partial charge in [-0.05, 0) is 49.2 Å². The Balaban J connectivity index is 1.71. The Hall–Kier alpha value is -3.79. The summed E-state index contributed by atoms with van der Waals surface area (Å²) in [5, 5.41) is 10.0. The number of carbonyl (C=O) groups excluding carboxylic acids is 1. The molecule has 1 unspecified atom stereocenters. The highest BCUT2D eigenvalue weighted by molar-refractivity contribution is 5.97. The Kier molecular flexibility index (Phi) is 5.92. The molecule has 2 aromatic carbocycles. The van der Waals surface area contributed by atoms with Gasteiger partial charge in [0.15, 0.2) is 11.9 Å². The number of benzene rings is 2. The Labute approximate surface area is 163 Å². The molecule has 28 heavy (non-hydrogen) atoms. The van der Waals surface area contributed by atoms with E-state index in [1.807, 2.05) is 31.2 Å². The molecule has 0 radical (unpaired) electrons. The number of hydrogen-bond acceptors (Lipinski definition) is 5. The summed E-state index contributed by atoms with van der Waals surface area (Å²) in [4.78, 5) is 17.0. The van der Waals surface area contributed by atoms with Gasteiger partial charge in [-0.25, -0.2) is 4.98 Å². The van der Waals surface area contributed by atoms with Crippen LogP contribution in [0.15, 0.2) is 48.5 Å². The number of nitrogens with zero attached hydrogens (tertiary/aromatic N) is 2. The van der Waals surface area contributed by atoms with Gasteiger partial charge in [0.25, 0.3) is 5.91 Å². The van der Waals surface area contributed by atoms with Crippen LogP contribution in [0.1, 0.15) is 25.2 Å². The van der Waals surface area contributed by atoms with Crippen molar-refractivity contribution in [2.24, 2.45) is 5.73 Å². The lowest BCUT2D eigenvalue weighted by Gasteiger charge is -2.16. The number of aromatic nitrogens is 3. The minimum absolute atomic E-state index is 0.274. The van der Waals surface area contributed by atoms with Crippen molar-refractivity contribution in [3.05, 3.63) is 59.9 Å². The highest BCUT2D eigenvalue weighted by Gasteiger charge is 2.18. The molecule has 1 heterocycles. The first-order chi connectivity index (χ1) is 13.6. The zero-order chi connectivity index (χ0) is 19.9. The zero-order valence-corrected chi connectivity index (χ0v) is 15.7. The quantitative estimate of drug-likeness (QED) is 0.454. The molecule has 0 saturated carbocycles. The minimum Gasteiger partial charge on any atom is -0.481 e. The summed E-state index contributed by atoms with van der Waals surface area (Å²) in [5.74, 6) is 4.37. The number of para-hydroxylation sites is 1. The molecule has 3 rings (SSSR count). The predicted octanol–water partition coefficient (Wildman–Crippen LogP) is 2.71. The summed E-state index contributed by atoms with van der Waals surface area (Å²) in [6.45, 7) is 3.68. The van der Waals surface area contributed by atoms with Gasteiger partial charge in [-0.15, -0.1) is 0 Å². The molecule has 1 atom stereocenters. The van der Waals surface area contributed by atoms with Crippen molar-refractivity contribution in [1.82, 2.24) is 15.2 Å². The minimum atomic E-state index is -0.696. The van der Waals surface area contributed by atoms with Gasteiger partial charge < -0.3 is 15.8 Å². The highest BCUT2D eigenvalue weighted by atomic mass is 16.5. The second-order valence-electron chi connectivity index (χ2n) is 6.05. The number of amides is 1. The maximum atomic E-state index is 12.6. The summed E-state index contributed by atoms with van der Waals surface area (Å²) >= 11 is 0. The molecule has 0 fully saturated rings. The number of ether oxygens (including phenoxy) is 1. The molecule has 7 heteroatoms. The smallest absolute Gasteiger partial charge is 0.265 e. The second kappa shape index (κ2) is 8.73. The molecule has 1 amide bonds. The van der Waals surface area contributed by atoms with E-state index in [0.29, 0.717) is 17.3 Å². The normalized spacial score (nSPS) is 11.2. The van der Waals surface area contributed by atoms with E-state index in [0.717, 1.165) is 23.4 Å². The zero-order valence-electron chi connectivity index (χ0n) is 15.7. The second-order valence-corrected chi connectivity index (χ2v) is 6.05. The molecule has 0 aliphatic carbocycles. The standard InChI is InChI=1S/C21H21N5O2/c1-3-19-24-20(26-25-19)17-6-4-5-7-18(17)23-21(27)14(2)28-16-10-8-15(9-11-16)12-13-22/h4-11,14H,3,22H2,1-2H3,(H,23,27)(H,24,25,26). The van der Waals surface area contributed by atoms with Gasteiger partial charge >= 0.3 is 0 Å². The maximum absolute atomic E-state index is 12.6. The van der Waals surface area contributed by atoms with Crippen molar-refractivity contribution < 1.29 is 9.53 Å². The third kappa shape index (κ3) is 4.48. The number of anilines is 1.